The number of aromatic nitrogens is 2. The monoisotopic (exact) mass is 440 g/mol. The maximum absolute atomic E-state index is 14.2. The van der Waals surface area contributed by atoms with E-state index in [1.807, 2.05) is 0 Å². The third kappa shape index (κ3) is 3.60. The van der Waals surface area contributed by atoms with Gasteiger partial charge in [0.2, 0.25) is 0 Å². The number of hydrogen-bond donors (Lipinski definition) is 0. The van der Waals surface area contributed by atoms with Gasteiger partial charge < -0.3 is 0 Å². The number of nitro benzene ring substituents is 2. The maximum Gasteiger partial charge on any atom is 0.348 e. The van der Waals surface area contributed by atoms with Crippen molar-refractivity contribution >= 4 is 22.4 Å². The fourth-order valence-corrected chi connectivity index (χ4v) is 3.53. The van der Waals surface area contributed by atoms with Crippen LogP contribution in [0, 0.1) is 31.9 Å². The highest BCUT2D eigenvalue weighted by molar-refractivity contribution is 5.84. The molecule has 0 bridgehead atoms. The van der Waals surface area contributed by atoms with Gasteiger partial charge in [0.1, 0.15) is 11.6 Å². The van der Waals surface area contributed by atoms with E-state index in [0.29, 0.717) is 0 Å². The molecule has 0 aliphatic heterocycles. The first-order valence-electron chi connectivity index (χ1n) is 9.30. The molecular weight excluding hydrogens is 426 g/mol. The van der Waals surface area contributed by atoms with E-state index in [4.69, 9.17) is 0 Å². The summed E-state index contributed by atoms with van der Waals surface area (Å²) in [5.74, 6) is -1.18. The number of rotatable bonds is 6. The Hall–Kier alpha value is -4.41. The van der Waals surface area contributed by atoms with Gasteiger partial charge in [-0.1, -0.05) is 36.4 Å². The average Bonchev–Trinajstić information content (AvgIpc) is 3.01. The molecule has 0 aliphatic carbocycles. The Kier molecular flexibility index (Phi) is 5.23. The van der Waals surface area contributed by atoms with Gasteiger partial charge in [0.15, 0.2) is 0 Å². The van der Waals surface area contributed by atoms with Crippen LogP contribution in [0.1, 0.15) is 11.1 Å². The third-order valence-electron chi connectivity index (χ3n) is 5.08. The normalized spacial score (nSPS) is 11.1. The highest BCUT2D eigenvalue weighted by Crippen LogP contribution is 2.32. The average molecular weight is 440 g/mol. The van der Waals surface area contributed by atoms with E-state index in [9.17, 15) is 33.8 Å². The van der Waals surface area contributed by atoms with Crippen LogP contribution in [0.15, 0.2) is 65.5 Å². The zero-order chi connectivity index (χ0) is 23.0. The van der Waals surface area contributed by atoms with Crippen LogP contribution in [0.25, 0.3) is 11.0 Å². The fraction of sp³-hybridized carbons (Fsp3) is 0.0952. The van der Waals surface area contributed by atoms with Crippen LogP contribution in [0.5, 0.6) is 0 Å². The first kappa shape index (κ1) is 20.8. The molecule has 1 heterocycles. The summed E-state index contributed by atoms with van der Waals surface area (Å²) in [6.45, 7) is -0.553. The Morgan fingerprint density at radius 3 is 1.44 bits per heavy atom. The van der Waals surface area contributed by atoms with Gasteiger partial charge in [0.05, 0.1) is 34.0 Å². The molecule has 0 fully saturated rings. The molecule has 0 radical (unpaired) electrons. The molecule has 4 rings (SSSR count). The number of fused-ring (bicyclic) bond motifs is 1. The van der Waals surface area contributed by atoms with Crippen molar-refractivity contribution in [3.63, 3.8) is 0 Å². The van der Waals surface area contributed by atoms with Crippen molar-refractivity contribution in [2.45, 2.75) is 13.1 Å². The van der Waals surface area contributed by atoms with E-state index in [1.165, 1.54) is 36.4 Å². The van der Waals surface area contributed by atoms with E-state index in [1.54, 1.807) is 12.1 Å². The van der Waals surface area contributed by atoms with Crippen molar-refractivity contribution in [1.29, 1.82) is 0 Å². The van der Waals surface area contributed by atoms with Gasteiger partial charge >= 0.3 is 17.1 Å². The van der Waals surface area contributed by atoms with E-state index >= 15 is 0 Å². The lowest BCUT2D eigenvalue weighted by molar-refractivity contribution is -0.422. The van der Waals surface area contributed by atoms with Crippen LogP contribution in [0.2, 0.25) is 0 Å². The lowest BCUT2D eigenvalue weighted by Crippen LogP contribution is -2.25. The molecule has 4 aromatic rings. The minimum Gasteiger partial charge on any atom is -0.287 e. The van der Waals surface area contributed by atoms with Crippen LogP contribution in [-0.2, 0) is 13.1 Å². The number of imidazole rings is 1. The van der Waals surface area contributed by atoms with Crippen molar-refractivity contribution in [3.05, 3.63) is 114 Å². The maximum atomic E-state index is 14.2. The van der Waals surface area contributed by atoms with Crippen molar-refractivity contribution in [2.24, 2.45) is 0 Å². The summed E-state index contributed by atoms with van der Waals surface area (Å²) in [5.41, 5.74) is -2.08. The molecule has 0 atom stereocenters. The second-order valence-electron chi connectivity index (χ2n) is 6.98. The van der Waals surface area contributed by atoms with Crippen LogP contribution in [0.4, 0.5) is 20.2 Å². The molecular formula is C21H14F2N4O5. The van der Waals surface area contributed by atoms with Crippen molar-refractivity contribution in [3.8, 4) is 0 Å². The SMILES string of the molecule is O=c1n(Cc2ccccc2F)c2cc([N+](=O)[O-])c([N+](=O)[O-])cc2n1Cc1ccccc1F. The zero-order valence-electron chi connectivity index (χ0n) is 16.3. The molecule has 0 saturated carbocycles. The minimum absolute atomic E-state index is 0.00751. The highest BCUT2D eigenvalue weighted by Gasteiger charge is 2.29. The molecule has 0 amide bonds. The molecule has 1 aromatic heterocycles. The molecule has 0 aliphatic rings. The summed E-state index contributed by atoms with van der Waals surface area (Å²) in [4.78, 5) is 34.2. The zero-order valence-corrected chi connectivity index (χ0v) is 16.3. The van der Waals surface area contributed by atoms with Crippen LogP contribution in [0.3, 0.4) is 0 Å². The van der Waals surface area contributed by atoms with Gasteiger partial charge in [-0.25, -0.2) is 13.6 Å². The summed E-state index contributed by atoms with van der Waals surface area (Å²) in [6.07, 6.45) is 0. The molecule has 0 saturated heterocycles. The summed E-state index contributed by atoms with van der Waals surface area (Å²) in [7, 11) is 0. The molecule has 0 spiro atoms. The van der Waals surface area contributed by atoms with Crippen LogP contribution < -0.4 is 5.69 Å². The first-order valence-corrected chi connectivity index (χ1v) is 9.30. The molecule has 32 heavy (non-hydrogen) atoms. The van der Waals surface area contributed by atoms with Crippen LogP contribution >= 0.6 is 0 Å². The lowest BCUT2D eigenvalue weighted by atomic mass is 10.2. The summed E-state index contributed by atoms with van der Waals surface area (Å²) in [5, 5.41) is 22.8. The van der Waals surface area contributed by atoms with Gasteiger partial charge in [-0.2, -0.15) is 0 Å². The topological polar surface area (TPSA) is 113 Å². The van der Waals surface area contributed by atoms with E-state index < -0.39 is 38.5 Å². The van der Waals surface area contributed by atoms with Gasteiger partial charge in [-0.15, -0.1) is 0 Å². The third-order valence-corrected chi connectivity index (χ3v) is 5.08. The standard InChI is InChI=1S/C21H14F2N4O5/c22-15-7-3-1-5-13(15)11-24-17-9-19(26(29)30)20(27(31)32)10-18(17)25(21(24)28)12-14-6-2-4-8-16(14)23/h1-10H,11-12H2. The van der Waals surface area contributed by atoms with Gasteiger partial charge in [0.25, 0.3) is 0 Å². The van der Waals surface area contributed by atoms with Crippen molar-refractivity contribution < 1.29 is 18.6 Å². The highest BCUT2D eigenvalue weighted by atomic mass is 19.1. The van der Waals surface area contributed by atoms with Crippen LogP contribution in [-0.4, -0.2) is 19.0 Å². The van der Waals surface area contributed by atoms with Gasteiger partial charge in [0, 0.05) is 23.3 Å². The molecule has 0 N–H and O–H groups in total. The Morgan fingerprint density at radius 1 is 0.719 bits per heavy atom. The fourth-order valence-electron chi connectivity index (χ4n) is 3.53. The van der Waals surface area contributed by atoms with Crippen molar-refractivity contribution in [2.75, 3.05) is 0 Å². The second kappa shape index (κ2) is 8.02. The largest absolute Gasteiger partial charge is 0.348 e. The smallest absolute Gasteiger partial charge is 0.287 e. The lowest BCUT2D eigenvalue weighted by Gasteiger charge is -2.05. The predicted octanol–water partition coefficient (Wildman–Crippen LogP) is 3.99. The number of nitro groups is 2. The Labute approximate surface area is 178 Å². The second-order valence-corrected chi connectivity index (χ2v) is 6.98. The Bertz CT molecular complexity index is 1340. The summed E-state index contributed by atoms with van der Waals surface area (Å²) in [6, 6.07) is 13.2. The Morgan fingerprint density at radius 2 is 1.09 bits per heavy atom. The van der Waals surface area contributed by atoms with E-state index in [0.717, 1.165) is 21.3 Å². The first-order chi connectivity index (χ1) is 15.3. The predicted molar refractivity (Wildman–Crippen MR) is 111 cm³/mol. The minimum atomic E-state index is -0.927. The summed E-state index contributed by atoms with van der Waals surface area (Å²) < 4.78 is 30.6. The number of nitrogens with zero attached hydrogens (tertiary/aromatic N) is 4. The number of hydrogen-bond acceptors (Lipinski definition) is 5. The van der Waals surface area contributed by atoms with Crippen molar-refractivity contribution in [1.82, 2.24) is 9.13 Å². The van der Waals surface area contributed by atoms with Gasteiger partial charge in [-0.05, 0) is 12.1 Å². The van der Waals surface area contributed by atoms with Gasteiger partial charge in [-0.3, -0.25) is 29.4 Å². The molecule has 0 unspecified atom stereocenters. The summed E-state index contributed by atoms with van der Waals surface area (Å²) >= 11 is 0. The number of halogens is 2. The molecule has 3 aromatic carbocycles. The quantitative estimate of drug-likeness (QED) is 0.332. The number of benzene rings is 3. The molecule has 9 nitrogen and oxygen atoms in total. The Balaban J connectivity index is 2.00. The van der Waals surface area contributed by atoms with E-state index in [-0.39, 0.29) is 35.2 Å². The molecule has 162 valence electrons. The molecule has 11 heteroatoms. The van der Waals surface area contributed by atoms with E-state index in [2.05, 4.69) is 0 Å².